The Labute approximate surface area is 127 Å². The average molecular weight is 351 g/mol. The van der Waals surface area contributed by atoms with Gasteiger partial charge in [-0.1, -0.05) is 41.7 Å². The Bertz CT molecular complexity index is 746. The van der Waals surface area contributed by atoms with Crippen molar-refractivity contribution in [3.05, 3.63) is 45.9 Å². The lowest BCUT2D eigenvalue weighted by Crippen LogP contribution is -2.05. The first-order valence-corrected chi connectivity index (χ1v) is 7.48. The number of fused-ring (bicyclic) bond motifs is 1. The number of ether oxygens (including phenoxy) is 1. The molecule has 0 bridgehead atoms. The highest BCUT2D eigenvalue weighted by atomic mass is 79.9. The fraction of sp³-hybridized carbons (Fsp3) is 0.0769. The number of hydrazine groups is 1. The van der Waals surface area contributed by atoms with Gasteiger partial charge in [-0.2, -0.15) is 0 Å². The van der Waals surface area contributed by atoms with Gasteiger partial charge in [-0.3, -0.25) is 5.43 Å². The van der Waals surface area contributed by atoms with Crippen LogP contribution in [0.25, 0.3) is 10.8 Å². The van der Waals surface area contributed by atoms with E-state index in [9.17, 15) is 0 Å². The molecule has 0 amide bonds. The Balaban J connectivity index is 1.82. The van der Waals surface area contributed by atoms with E-state index in [4.69, 9.17) is 10.6 Å². The molecule has 1 heterocycles. The lowest BCUT2D eigenvalue weighted by molar-refractivity contribution is 0.303. The van der Waals surface area contributed by atoms with Crippen molar-refractivity contribution in [2.24, 2.45) is 5.84 Å². The van der Waals surface area contributed by atoms with Crippen molar-refractivity contribution in [3.8, 4) is 5.75 Å². The number of nitrogens with one attached hydrogen (secondary N) is 1. The molecule has 3 N–H and O–H groups in total. The second-order valence-electron chi connectivity index (χ2n) is 4.03. The first-order valence-electron chi connectivity index (χ1n) is 5.87. The number of hydrogen-bond acceptors (Lipinski definition) is 6. The molecule has 3 aromatic rings. The lowest BCUT2D eigenvalue weighted by Gasteiger charge is -2.08. The minimum absolute atomic E-state index is 0.357. The number of nitrogens with zero attached hydrogens (tertiary/aromatic N) is 2. The SMILES string of the molecule is NNc1nnc(COc2ccc3ccccc3c2Br)s1. The van der Waals surface area contributed by atoms with Crippen LogP contribution in [0.5, 0.6) is 5.75 Å². The highest BCUT2D eigenvalue weighted by Crippen LogP contribution is 2.33. The van der Waals surface area contributed by atoms with Gasteiger partial charge in [0.25, 0.3) is 0 Å². The third kappa shape index (κ3) is 2.60. The lowest BCUT2D eigenvalue weighted by atomic mass is 10.1. The standard InChI is InChI=1S/C13H11BrN4OS/c14-12-9-4-2-1-3-8(9)5-6-10(12)19-7-11-17-18-13(16-15)20-11/h1-6H,7,15H2,(H,16,18). The minimum Gasteiger partial charge on any atom is -0.485 e. The van der Waals surface area contributed by atoms with Crippen LogP contribution in [0.1, 0.15) is 5.01 Å². The summed E-state index contributed by atoms with van der Waals surface area (Å²) in [5, 5.41) is 11.5. The van der Waals surface area contributed by atoms with Crippen LogP contribution in [0.15, 0.2) is 40.9 Å². The third-order valence-electron chi connectivity index (χ3n) is 2.77. The molecule has 20 heavy (non-hydrogen) atoms. The zero-order chi connectivity index (χ0) is 13.9. The van der Waals surface area contributed by atoms with Crippen LogP contribution in [-0.2, 0) is 6.61 Å². The molecule has 0 aliphatic heterocycles. The van der Waals surface area contributed by atoms with E-state index >= 15 is 0 Å². The van der Waals surface area contributed by atoms with E-state index in [1.807, 2.05) is 30.3 Å². The second kappa shape index (κ2) is 5.74. The van der Waals surface area contributed by atoms with Gasteiger partial charge in [-0.05, 0) is 32.8 Å². The summed E-state index contributed by atoms with van der Waals surface area (Å²) in [6.45, 7) is 0.357. The second-order valence-corrected chi connectivity index (χ2v) is 5.89. The van der Waals surface area contributed by atoms with Crippen LogP contribution in [0, 0.1) is 0 Å². The summed E-state index contributed by atoms with van der Waals surface area (Å²) >= 11 is 4.95. The van der Waals surface area contributed by atoms with Crippen molar-refractivity contribution in [1.82, 2.24) is 10.2 Å². The van der Waals surface area contributed by atoms with Crippen molar-refractivity contribution < 1.29 is 4.74 Å². The first kappa shape index (κ1) is 13.3. The van der Waals surface area contributed by atoms with Crippen LogP contribution < -0.4 is 16.0 Å². The van der Waals surface area contributed by atoms with Gasteiger partial charge >= 0.3 is 0 Å². The maximum Gasteiger partial charge on any atom is 0.219 e. The minimum atomic E-state index is 0.357. The van der Waals surface area contributed by atoms with E-state index in [0.29, 0.717) is 11.7 Å². The number of nitrogens with two attached hydrogens (primary N) is 1. The third-order valence-corrected chi connectivity index (χ3v) is 4.42. The van der Waals surface area contributed by atoms with E-state index < -0.39 is 0 Å². The van der Waals surface area contributed by atoms with E-state index in [2.05, 4.69) is 37.6 Å². The highest BCUT2D eigenvalue weighted by Gasteiger charge is 2.08. The largest absolute Gasteiger partial charge is 0.485 e. The smallest absolute Gasteiger partial charge is 0.219 e. The average Bonchev–Trinajstić information content (AvgIpc) is 2.95. The van der Waals surface area contributed by atoms with Crippen LogP contribution in [0.4, 0.5) is 5.13 Å². The number of halogens is 1. The molecule has 0 radical (unpaired) electrons. The van der Waals surface area contributed by atoms with E-state index in [1.165, 1.54) is 11.3 Å². The topological polar surface area (TPSA) is 73.1 Å². The molecule has 1 aromatic heterocycles. The van der Waals surface area contributed by atoms with Crippen LogP contribution in [0.3, 0.4) is 0 Å². The molecule has 3 rings (SSSR count). The van der Waals surface area contributed by atoms with Gasteiger partial charge in [-0.25, -0.2) is 5.84 Å². The van der Waals surface area contributed by atoms with Crippen molar-refractivity contribution in [2.75, 3.05) is 5.43 Å². The molecule has 7 heteroatoms. The van der Waals surface area contributed by atoms with Crippen molar-refractivity contribution >= 4 is 43.2 Å². The predicted molar refractivity (Wildman–Crippen MR) is 83.7 cm³/mol. The zero-order valence-electron chi connectivity index (χ0n) is 10.3. The molecule has 0 aliphatic carbocycles. The summed E-state index contributed by atoms with van der Waals surface area (Å²) in [6.07, 6.45) is 0. The monoisotopic (exact) mass is 350 g/mol. The number of rotatable bonds is 4. The highest BCUT2D eigenvalue weighted by molar-refractivity contribution is 9.10. The number of nitrogen functional groups attached to an aromatic ring is 1. The Hall–Kier alpha value is -1.70. The molecule has 0 saturated carbocycles. The van der Waals surface area contributed by atoms with Gasteiger partial charge in [0.15, 0.2) is 5.01 Å². The molecule has 2 aromatic carbocycles. The zero-order valence-corrected chi connectivity index (χ0v) is 12.7. The number of anilines is 1. The fourth-order valence-electron chi connectivity index (χ4n) is 1.83. The van der Waals surface area contributed by atoms with Gasteiger partial charge in [0.2, 0.25) is 5.13 Å². The molecule has 0 fully saturated rings. The molecule has 5 nitrogen and oxygen atoms in total. The van der Waals surface area contributed by atoms with Gasteiger partial charge in [0.05, 0.1) is 4.47 Å². The Kier molecular flexibility index (Phi) is 3.81. The number of hydrogen-bond donors (Lipinski definition) is 2. The number of aromatic nitrogens is 2. The summed E-state index contributed by atoms with van der Waals surface area (Å²) in [6, 6.07) is 12.1. The number of benzene rings is 2. The van der Waals surface area contributed by atoms with Crippen LogP contribution in [-0.4, -0.2) is 10.2 Å². The Morgan fingerprint density at radius 3 is 2.85 bits per heavy atom. The van der Waals surface area contributed by atoms with Crippen LogP contribution >= 0.6 is 27.3 Å². The predicted octanol–water partition coefficient (Wildman–Crippen LogP) is 3.32. The van der Waals surface area contributed by atoms with Gasteiger partial charge in [0, 0.05) is 0 Å². The molecular weight excluding hydrogens is 340 g/mol. The molecule has 0 unspecified atom stereocenters. The molecule has 0 spiro atoms. The van der Waals surface area contributed by atoms with Crippen molar-refractivity contribution in [1.29, 1.82) is 0 Å². The molecular formula is C13H11BrN4OS. The Morgan fingerprint density at radius 1 is 1.20 bits per heavy atom. The summed E-state index contributed by atoms with van der Waals surface area (Å²) in [5.41, 5.74) is 2.46. The first-order chi connectivity index (χ1) is 9.78. The maximum absolute atomic E-state index is 5.78. The quantitative estimate of drug-likeness (QED) is 0.557. The molecule has 0 atom stereocenters. The molecule has 0 aliphatic rings. The van der Waals surface area contributed by atoms with E-state index in [-0.39, 0.29) is 0 Å². The van der Waals surface area contributed by atoms with Crippen molar-refractivity contribution in [2.45, 2.75) is 6.61 Å². The van der Waals surface area contributed by atoms with E-state index in [1.54, 1.807) is 0 Å². The van der Waals surface area contributed by atoms with Gasteiger partial charge < -0.3 is 4.74 Å². The summed E-state index contributed by atoms with van der Waals surface area (Å²) in [7, 11) is 0. The fourth-order valence-corrected chi connectivity index (χ4v) is 3.01. The summed E-state index contributed by atoms with van der Waals surface area (Å²) in [5.74, 6) is 6.05. The molecule has 102 valence electrons. The maximum atomic E-state index is 5.78. The van der Waals surface area contributed by atoms with Crippen LogP contribution in [0.2, 0.25) is 0 Å². The summed E-state index contributed by atoms with van der Waals surface area (Å²) in [4.78, 5) is 0. The van der Waals surface area contributed by atoms with Gasteiger partial charge in [0.1, 0.15) is 12.4 Å². The van der Waals surface area contributed by atoms with E-state index in [0.717, 1.165) is 26.0 Å². The van der Waals surface area contributed by atoms with Crippen molar-refractivity contribution in [3.63, 3.8) is 0 Å². The summed E-state index contributed by atoms with van der Waals surface area (Å²) < 4.78 is 6.72. The molecule has 0 saturated heterocycles. The normalized spacial score (nSPS) is 10.7. The van der Waals surface area contributed by atoms with Gasteiger partial charge in [-0.15, -0.1) is 10.2 Å². The Morgan fingerprint density at radius 2 is 2.05 bits per heavy atom.